The average Bonchev–Trinajstić information content (AvgIpc) is 2.06. The minimum absolute atomic E-state index is 0.597. The van der Waals surface area contributed by atoms with Gasteiger partial charge in [0.25, 0.3) is 0 Å². The van der Waals surface area contributed by atoms with Crippen molar-refractivity contribution in [3.05, 3.63) is 35.4 Å². The molecule has 0 N–H and O–H groups in total. The Hall–Kier alpha value is -0.730. The first kappa shape index (κ1) is 8.37. The number of methoxy groups -OCH3 is 1. The largest absolute Gasteiger partial charge is 0.380 e. The highest BCUT2D eigenvalue weighted by Gasteiger charge is 1.96. The summed E-state index contributed by atoms with van der Waals surface area (Å²) in [5, 5.41) is 2.68. The number of ether oxygens (including phenoxy) is 1. The fourth-order valence-corrected chi connectivity index (χ4v) is 1.10. The third kappa shape index (κ3) is 2.10. The van der Waals surface area contributed by atoms with Crippen molar-refractivity contribution in [2.75, 3.05) is 7.11 Å². The van der Waals surface area contributed by atoms with Crippen LogP contribution in [0.3, 0.4) is 0 Å². The maximum Gasteiger partial charge on any atom is 0.0719 e. The van der Waals surface area contributed by atoms with Crippen LogP contribution in [0.1, 0.15) is 11.1 Å². The molecule has 0 saturated heterocycles. The van der Waals surface area contributed by atoms with Gasteiger partial charge >= 0.3 is 0 Å². The predicted octanol–water partition coefficient (Wildman–Crippen LogP) is 2.06. The monoisotopic (exact) mass is 165 g/mol. The van der Waals surface area contributed by atoms with E-state index in [1.165, 1.54) is 0 Å². The minimum atomic E-state index is 0.597. The molecule has 0 aliphatic carbocycles. The van der Waals surface area contributed by atoms with E-state index >= 15 is 0 Å². The van der Waals surface area contributed by atoms with Crippen LogP contribution in [0.25, 0.3) is 0 Å². The van der Waals surface area contributed by atoms with Crippen LogP contribution in [0, 0.1) is 0 Å². The van der Waals surface area contributed by atoms with Gasteiger partial charge in [-0.05, 0) is 11.1 Å². The SMILES string of the molecule is COCc1ccccc1[C]=S. The van der Waals surface area contributed by atoms with Crippen molar-refractivity contribution in [1.82, 2.24) is 0 Å². The fraction of sp³-hybridized carbons (Fsp3) is 0.222. The van der Waals surface area contributed by atoms with Crippen LogP contribution in [-0.2, 0) is 11.3 Å². The molecule has 0 saturated carbocycles. The van der Waals surface area contributed by atoms with Crippen LogP contribution in [-0.4, -0.2) is 12.5 Å². The average molecular weight is 165 g/mol. The molecule has 0 aromatic heterocycles. The van der Waals surface area contributed by atoms with Gasteiger partial charge in [0.05, 0.1) is 12.0 Å². The van der Waals surface area contributed by atoms with E-state index in [4.69, 9.17) is 17.0 Å². The molecule has 1 nitrogen and oxygen atoms in total. The van der Waals surface area contributed by atoms with Gasteiger partial charge in [0, 0.05) is 7.11 Å². The van der Waals surface area contributed by atoms with E-state index < -0.39 is 0 Å². The predicted molar refractivity (Wildman–Crippen MR) is 48.9 cm³/mol. The highest BCUT2D eigenvalue weighted by Crippen LogP contribution is 2.06. The Morgan fingerprint density at radius 1 is 1.45 bits per heavy atom. The lowest BCUT2D eigenvalue weighted by molar-refractivity contribution is 0.185. The molecule has 0 heterocycles. The second-order valence-electron chi connectivity index (χ2n) is 2.19. The van der Waals surface area contributed by atoms with Gasteiger partial charge in [0.2, 0.25) is 0 Å². The zero-order chi connectivity index (χ0) is 8.10. The second kappa shape index (κ2) is 4.21. The van der Waals surface area contributed by atoms with Crippen molar-refractivity contribution in [3.8, 4) is 0 Å². The third-order valence-electron chi connectivity index (χ3n) is 1.43. The van der Waals surface area contributed by atoms with Gasteiger partial charge in [0.15, 0.2) is 0 Å². The van der Waals surface area contributed by atoms with Crippen molar-refractivity contribution < 1.29 is 4.74 Å². The molecule has 0 fully saturated rings. The van der Waals surface area contributed by atoms with Crippen molar-refractivity contribution in [3.63, 3.8) is 0 Å². The molecular formula is C9H9OS. The van der Waals surface area contributed by atoms with Crippen molar-refractivity contribution in [2.45, 2.75) is 6.61 Å². The molecule has 1 aromatic rings. The Morgan fingerprint density at radius 3 is 2.82 bits per heavy atom. The number of hydrogen-bond acceptors (Lipinski definition) is 2. The smallest absolute Gasteiger partial charge is 0.0719 e. The van der Waals surface area contributed by atoms with E-state index in [0.29, 0.717) is 6.61 Å². The summed E-state index contributed by atoms with van der Waals surface area (Å²) < 4.78 is 4.98. The van der Waals surface area contributed by atoms with E-state index in [1.54, 1.807) is 7.11 Å². The highest BCUT2D eigenvalue weighted by molar-refractivity contribution is 7.79. The Morgan fingerprint density at radius 2 is 2.18 bits per heavy atom. The van der Waals surface area contributed by atoms with Crippen LogP contribution in [0.2, 0.25) is 0 Å². The normalized spacial score (nSPS) is 9.55. The molecule has 0 bridgehead atoms. The molecule has 11 heavy (non-hydrogen) atoms. The molecule has 0 aliphatic heterocycles. The van der Waals surface area contributed by atoms with E-state index in [2.05, 4.69) is 5.37 Å². The minimum Gasteiger partial charge on any atom is -0.380 e. The number of hydrogen-bond donors (Lipinski definition) is 0. The lowest BCUT2D eigenvalue weighted by Gasteiger charge is -2.01. The summed E-state index contributed by atoms with van der Waals surface area (Å²) in [6.07, 6.45) is 0. The van der Waals surface area contributed by atoms with E-state index in [-0.39, 0.29) is 0 Å². The summed E-state index contributed by atoms with van der Waals surface area (Å²) in [6, 6.07) is 7.82. The zero-order valence-corrected chi connectivity index (χ0v) is 7.15. The van der Waals surface area contributed by atoms with Crippen LogP contribution in [0.15, 0.2) is 24.3 Å². The Balaban J connectivity index is 2.92. The Bertz CT molecular complexity index is 245. The van der Waals surface area contributed by atoms with Crippen molar-refractivity contribution in [2.24, 2.45) is 0 Å². The van der Waals surface area contributed by atoms with Gasteiger partial charge in [0.1, 0.15) is 0 Å². The van der Waals surface area contributed by atoms with Crippen molar-refractivity contribution in [1.29, 1.82) is 0 Å². The lowest BCUT2D eigenvalue weighted by Crippen LogP contribution is -1.92. The molecule has 57 valence electrons. The molecule has 0 atom stereocenters. The van der Waals surface area contributed by atoms with Crippen LogP contribution in [0.5, 0.6) is 0 Å². The van der Waals surface area contributed by atoms with Gasteiger partial charge in [-0.3, -0.25) is 0 Å². The first-order chi connectivity index (χ1) is 5.38. The highest BCUT2D eigenvalue weighted by atomic mass is 32.1. The summed E-state index contributed by atoms with van der Waals surface area (Å²) in [5.74, 6) is 0. The lowest BCUT2D eigenvalue weighted by atomic mass is 10.1. The first-order valence-electron chi connectivity index (χ1n) is 3.33. The summed E-state index contributed by atoms with van der Waals surface area (Å²) in [7, 11) is 1.67. The molecule has 0 unspecified atom stereocenters. The molecule has 1 aromatic carbocycles. The molecule has 2 heteroatoms. The van der Waals surface area contributed by atoms with Gasteiger partial charge in [-0.1, -0.05) is 36.5 Å². The van der Waals surface area contributed by atoms with Gasteiger partial charge in [-0.25, -0.2) is 0 Å². The molecule has 0 amide bonds. The maximum absolute atomic E-state index is 4.98. The topological polar surface area (TPSA) is 9.23 Å². The van der Waals surface area contributed by atoms with Crippen molar-refractivity contribution >= 4 is 17.6 Å². The summed E-state index contributed by atoms with van der Waals surface area (Å²) in [5.41, 5.74) is 2.04. The van der Waals surface area contributed by atoms with E-state index in [1.807, 2.05) is 24.3 Å². The molecule has 1 radical (unpaired) electrons. The van der Waals surface area contributed by atoms with E-state index in [9.17, 15) is 0 Å². The standard InChI is InChI=1S/C9H9OS/c1-10-6-8-4-2-3-5-9(8)7-11/h2-5H,6H2,1H3. The number of thiocarbonyl (C=S) groups is 1. The Kier molecular flexibility index (Phi) is 3.20. The van der Waals surface area contributed by atoms with E-state index in [0.717, 1.165) is 11.1 Å². The fourth-order valence-electron chi connectivity index (χ4n) is 0.901. The van der Waals surface area contributed by atoms with Crippen LogP contribution < -0.4 is 0 Å². The maximum atomic E-state index is 4.98. The zero-order valence-electron chi connectivity index (χ0n) is 6.33. The number of benzene rings is 1. The summed E-state index contributed by atoms with van der Waals surface area (Å²) in [4.78, 5) is 0. The summed E-state index contributed by atoms with van der Waals surface area (Å²) in [6.45, 7) is 0.597. The first-order valence-corrected chi connectivity index (χ1v) is 3.74. The molecule has 0 aliphatic rings. The van der Waals surface area contributed by atoms with Gasteiger partial charge in [-0.2, -0.15) is 0 Å². The molecule has 1 rings (SSSR count). The summed E-state index contributed by atoms with van der Waals surface area (Å²) >= 11 is 4.71. The molecule has 0 spiro atoms. The van der Waals surface area contributed by atoms with Gasteiger partial charge in [-0.15, -0.1) is 0 Å². The van der Waals surface area contributed by atoms with Gasteiger partial charge < -0.3 is 4.74 Å². The van der Waals surface area contributed by atoms with Crippen LogP contribution in [0.4, 0.5) is 0 Å². The van der Waals surface area contributed by atoms with Crippen LogP contribution >= 0.6 is 12.2 Å². The third-order valence-corrected chi connectivity index (χ3v) is 1.65. The number of rotatable bonds is 3. The second-order valence-corrected chi connectivity index (χ2v) is 2.40. The molecular weight excluding hydrogens is 156 g/mol. The quantitative estimate of drug-likeness (QED) is 0.634. The Labute approximate surface area is 72.0 Å².